The van der Waals surface area contributed by atoms with Gasteiger partial charge in [0.2, 0.25) is 0 Å². The number of carboxylic acids is 1. The summed E-state index contributed by atoms with van der Waals surface area (Å²) in [4.78, 5) is 19.3. The molecule has 0 unspecified atom stereocenters. The number of rotatable bonds is 6. The van der Waals surface area contributed by atoms with Crippen LogP contribution in [0.15, 0.2) is 24.3 Å². The van der Waals surface area contributed by atoms with Crippen molar-refractivity contribution >= 4 is 11.8 Å². The Balaban J connectivity index is 2.06. The van der Waals surface area contributed by atoms with Gasteiger partial charge in [0.15, 0.2) is 5.69 Å². The molecule has 0 fully saturated rings. The quantitative estimate of drug-likeness (QED) is 0.852. The van der Waals surface area contributed by atoms with Crippen molar-refractivity contribution in [3.63, 3.8) is 0 Å². The third-order valence-electron chi connectivity index (χ3n) is 3.39. The average molecular weight is 301 g/mol. The fourth-order valence-electron chi connectivity index (χ4n) is 1.98. The highest BCUT2D eigenvalue weighted by atomic mass is 16.5. The summed E-state index contributed by atoms with van der Waals surface area (Å²) in [6, 6.07) is 7.28. The molecule has 116 valence electrons. The van der Waals surface area contributed by atoms with Crippen LogP contribution < -0.4 is 10.1 Å². The van der Waals surface area contributed by atoms with Crippen LogP contribution in [-0.4, -0.2) is 34.7 Å². The van der Waals surface area contributed by atoms with Crippen molar-refractivity contribution in [2.75, 3.05) is 19.0 Å². The van der Waals surface area contributed by atoms with E-state index in [1.165, 1.54) is 11.6 Å². The molecule has 0 amide bonds. The standard InChI is InChI=1S/C16H19N3O3/c1-10-5-4-6-13(11(10)2)22-8-7-14-18-12(16(20)21)9-15(17-3)19-14/h4-6,9H,7-8H2,1-3H3,(H,20,21)(H,17,18,19). The molecule has 0 saturated carbocycles. The lowest BCUT2D eigenvalue weighted by molar-refractivity contribution is 0.0690. The van der Waals surface area contributed by atoms with Gasteiger partial charge in [-0.2, -0.15) is 0 Å². The number of anilines is 1. The Morgan fingerprint density at radius 3 is 2.77 bits per heavy atom. The second kappa shape index (κ2) is 6.89. The third kappa shape index (κ3) is 3.72. The van der Waals surface area contributed by atoms with E-state index in [1.54, 1.807) is 7.05 Å². The van der Waals surface area contributed by atoms with Crippen LogP contribution in [0.4, 0.5) is 5.82 Å². The number of carboxylic acid groups (broad SMARTS) is 1. The van der Waals surface area contributed by atoms with E-state index in [4.69, 9.17) is 9.84 Å². The van der Waals surface area contributed by atoms with Crippen LogP contribution in [0.3, 0.4) is 0 Å². The van der Waals surface area contributed by atoms with Gasteiger partial charge >= 0.3 is 5.97 Å². The summed E-state index contributed by atoms with van der Waals surface area (Å²) in [5.74, 6) is 0.669. The molecule has 0 atom stereocenters. The lowest BCUT2D eigenvalue weighted by Crippen LogP contribution is -2.11. The van der Waals surface area contributed by atoms with Crippen LogP contribution in [0.1, 0.15) is 27.4 Å². The Morgan fingerprint density at radius 1 is 1.32 bits per heavy atom. The van der Waals surface area contributed by atoms with Crippen molar-refractivity contribution in [1.29, 1.82) is 0 Å². The molecule has 2 aromatic rings. The Labute approximate surface area is 129 Å². The van der Waals surface area contributed by atoms with Gasteiger partial charge in [-0.25, -0.2) is 14.8 Å². The van der Waals surface area contributed by atoms with Gasteiger partial charge in [0.05, 0.1) is 6.61 Å². The smallest absolute Gasteiger partial charge is 0.354 e. The molecular weight excluding hydrogens is 282 g/mol. The van der Waals surface area contributed by atoms with E-state index in [1.807, 2.05) is 32.0 Å². The molecule has 1 aromatic heterocycles. The fourth-order valence-corrected chi connectivity index (χ4v) is 1.98. The molecule has 0 spiro atoms. The number of aromatic nitrogens is 2. The van der Waals surface area contributed by atoms with Crippen molar-refractivity contribution in [1.82, 2.24) is 9.97 Å². The molecule has 6 heteroatoms. The number of carbonyl (C=O) groups is 1. The highest BCUT2D eigenvalue weighted by molar-refractivity contribution is 5.86. The third-order valence-corrected chi connectivity index (χ3v) is 3.39. The summed E-state index contributed by atoms with van der Waals surface area (Å²) >= 11 is 0. The van der Waals surface area contributed by atoms with Gasteiger partial charge in [-0.1, -0.05) is 12.1 Å². The first-order valence-electron chi connectivity index (χ1n) is 6.99. The molecule has 22 heavy (non-hydrogen) atoms. The molecule has 0 radical (unpaired) electrons. The maximum absolute atomic E-state index is 11.0. The minimum Gasteiger partial charge on any atom is -0.493 e. The van der Waals surface area contributed by atoms with Crippen molar-refractivity contribution in [3.8, 4) is 5.75 Å². The Hall–Kier alpha value is -2.63. The lowest BCUT2D eigenvalue weighted by atomic mass is 10.1. The van der Waals surface area contributed by atoms with Gasteiger partial charge in [-0.15, -0.1) is 0 Å². The monoisotopic (exact) mass is 301 g/mol. The Morgan fingerprint density at radius 2 is 2.09 bits per heavy atom. The van der Waals surface area contributed by atoms with Crippen LogP contribution in [0.2, 0.25) is 0 Å². The second-order valence-corrected chi connectivity index (χ2v) is 4.91. The number of benzene rings is 1. The summed E-state index contributed by atoms with van der Waals surface area (Å²) in [6.45, 7) is 4.42. The average Bonchev–Trinajstić information content (AvgIpc) is 2.51. The van der Waals surface area contributed by atoms with E-state index < -0.39 is 5.97 Å². The molecule has 0 saturated heterocycles. The number of hydrogen-bond donors (Lipinski definition) is 2. The van der Waals surface area contributed by atoms with E-state index in [0.29, 0.717) is 24.7 Å². The van der Waals surface area contributed by atoms with Crippen molar-refractivity contribution in [3.05, 3.63) is 46.9 Å². The zero-order valence-electron chi connectivity index (χ0n) is 12.9. The first-order valence-corrected chi connectivity index (χ1v) is 6.99. The van der Waals surface area contributed by atoms with Crippen LogP contribution in [0, 0.1) is 13.8 Å². The minimum absolute atomic E-state index is 0.0268. The first-order chi connectivity index (χ1) is 10.5. The van der Waals surface area contributed by atoms with Crippen LogP contribution in [0.25, 0.3) is 0 Å². The van der Waals surface area contributed by atoms with Gasteiger partial charge in [0, 0.05) is 19.5 Å². The predicted molar refractivity (Wildman–Crippen MR) is 83.7 cm³/mol. The molecule has 2 N–H and O–H groups in total. The number of nitrogens with one attached hydrogen (secondary N) is 1. The Kier molecular flexibility index (Phi) is 4.93. The molecule has 0 aliphatic heterocycles. The van der Waals surface area contributed by atoms with E-state index in [9.17, 15) is 4.79 Å². The van der Waals surface area contributed by atoms with E-state index >= 15 is 0 Å². The van der Waals surface area contributed by atoms with Crippen LogP contribution in [0.5, 0.6) is 5.75 Å². The number of aryl methyl sites for hydroxylation is 1. The molecule has 1 heterocycles. The van der Waals surface area contributed by atoms with Crippen LogP contribution >= 0.6 is 0 Å². The summed E-state index contributed by atoms with van der Waals surface area (Å²) in [5.41, 5.74) is 2.23. The van der Waals surface area contributed by atoms with Gasteiger partial charge in [-0.05, 0) is 31.0 Å². The molecular formula is C16H19N3O3. The van der Waals surface area contributed by atoms with E-state index in [-0.39, 0.29) is 5.69 Å². The zero-order chi connectivity index (χ0) is 16.1. The van der Waals surface area contributed by atoms with Gasteiger partial charge < -0.3 is 15.2 Å². The Bertz CT molecular complexity index is 686. The summed E-state index contributed by atoms with van der Waals surface area (Å²) in [6.07, 6.45) is 0.434. The fraction of sp³-hybridized carbons (Fsp3) is 0.312. The summed E-state index contributed by atoms with van der Waals surface area (Å²) < 4.78 is 5.75. The van der Waals surface area contributed by atoms with Crippen molar-refractivity contribution < 1.29 is 14.6 Å². The molecule has 0 bridgehead atoms. The molecule has 1 aromatic carbocycles. The topological polar surface area (TPSA) is 84.3 Å². The van der Waals surface area contributed by atoms with Crippen molar-refractivity contribution in [2.45, 2.75) is 20.3 Å². The minimum atomic E-state index is -1.07. The normalized spacial score (nSPS) is 10.3. The van der Waals surface area contributed by atoms with E-state index in [0.717, 1.165) is 11.3 Å². The largest absolute Gasteiger partial charge is 0.493 e. The van der Waals surface area contributed by atoms with Crippen LogP contribution in [-0.2, 0) is 6.42 Å². The SMILES string of the molecule is CNc1cc(C(=O)O)nc(CCOc2cccc(C)c2C)n1. The summed E-state index contributed by atoms with van der Waals surface area (Å²) in [5, 5.41) is 11.9. The second-order valence-electron chi connectivity index (χ2n) is 4.91. The lowest BCUT2D eigenvalue weighted by Gasteiger charge is -2.11. The van der Waals surface area contributed by atoms with E-state index in [2.05, 4.69) is 15.3 Å². The molecule has 6 nitrogen and oxygen atoms in total. The zero-order valence-corrected chi connectivity index (χ0v) is 12.9. The molecule has 2 rings (SSSR count). The van der Waals surface area contributed by atoms with Crippen molar-refractivity contribution in [2.24, 2.45) is 0 Å². The maximum Gasteiger partial charge on any atom is 0.354 e. The predicted octanol–water partition coefficient (Wildman–Crippen LogP) is 2.45. The van der Waals surface area contributed by atoms with Gasteiger partial charge in [-0.3, -0.25) is 0 Å². The number of ether oxygens (including phenoxy) is 1. The molecule has 0 aliphatic rings. The number of hydrogen-bond acceptors (Lipinski definition) is 5. The summed E-state index contributed by atoms with van der Waals surface area (Å²) in [7, 11) is 1.68. The van der Waals surface area contributed by atoms with Gasteiger partial charge in [0.1, 0.15) is 17.4 Å². The highest BCUT2D eigenvalue weighted by Gasteiger charge is 2.10. The first kappa shape index (κ1) is 15.8. The maximum atomic E-state index is 11.0. The van der Waals surface area contributed by atoms with Gasteiger partial charge in [0.25, 0.3) is 0 Å². The number of nitrogens with zero attached hydrogens (tertiary/aromatic N) is 2. The molecule has 0 aliphatic carbocycles. The number of aromatic carboxylic acids is 1. The highest BCUT2D eigenvalue weighted by Crippen LogP contribution is 2.20.